The van der Waals surface area contributed by atoms with Gasteiger partial charge in [0.1, 0.15) is 0 Å². The van der Waals surface area contributed by atoms with E-state index >= 15 is 0 Å². The molecule has 102 valence electrons. The van der Waals surface area contributed by atoms with E-state index in [0.717, 1.165) is 12.8 Å². The molecule has 0 radical (unpaired) electrons. The van der Waals surface area contributed by atoms with Crippen LogP contribution in [0.5, 0.6) is 0 Å². The predicted octanol–water partition coefficient (Wildman–Crippen LogP) is 3.60. The number of rotatable bonds is 6. The maximum Gasteiger partial charge on any atom is 0.0403 e. The number of nitrogens with zero attached hydrogens (tertiary/aromatic N) is 1. The van der Waals surface area contributed by atoms with Gasteiger partial charge in [-0.3, -0.25) is 4.98 Å². The van der Waals surface area contributed by atoms with Gasteiger partial charge in [0.25, 0.3) is 0 Å². The third-order valence-electron chi connectivity index (χ3n) is 3.61. The first-order chi connectivity index (χ1) is 8.47. The van der Waals surface area contributed by atoms with Gasteiger partial charge in [0.05, 0.1) is 0 Å². The van der Waals surface area contributed by atoms with Crippen molar-refractivity contribution in [3.63, 3.8) is 0 Å². The number of aryl methyl sites for hydroxylation is 2. The molecule has 0 bridgehead atoms. The highest BCUT2D eigenvalue weighted by molar-refractivity contribution is 5.13. The van der Waals surface area contributed by atoms with Crippen LogP contribution in [0, 0.1) is 5.41 Å². The fourth-order valence-electron chi connectivity index (χ4n) is 2.31. The van der Waals surface area contributed by atoms with Gasteiger partial charge >= 0.3 is 0 Å². The second-order valence-electron chi connectivity index (χ2n) is 6.11. The topological polar surface area (TPSA) is 24.9 Å². The molecule has 1 N–H and O–H groups in total. The van der Waals surface area contributed by atoms with Crippen LogP contribution < -0.4 is 5.32 Å². The first-order valence-electron chi connectivity index (χ1n) is 7.08. The minimum absolute atomic E-state index is 0.328. The smallest absolute Gasteiger partial charge is 0.0403 e. The zero-order valence-corrected chi connectivity index (χ0v) is 12.6. The number of hydrogen-bond acceptors (Lipinski definition) is 2. The van der Waals surface area contributed by atoms with E-state index in [1.165, 1.54) is 24.1 Å². The average Bonchev–Trinajstić information content (AvgIpc) is 2.34. The van der Waals surface area contributed by atoms with Crippen LogP contribution in [0.2, 0.25) is 0 Å². The highest BCUT2D eigenvalue weighted by Crippen LogP contribution is 2.23. The van der Waals surface area contributed by atoms with Crippen molar-refractivity contribution in [2.24, 2.45) is 5.41 Å². The molecular weight excluding hydrogens is 220 g/mol. The average molecular weight is 248 g/mol. The molecule has 1 aromatic rings. The molecule has 0 saturated heterocycles. The Morgan fingerprint density at radius 1 is 1.28 bits per heavy atom. The summed E-state index contributed by atoms with van der Waals surface area (Å²) in [4.78, 5) is 4.51. The lowest BCUT2D eigenvalue weighted by Gasteiger charge is -2.30. The van der Waals surface area contributed by atoms with Crippen molar-refractivity contribution in [3.8, 4) is 0 Å². The Labute approximate surface area is 112 Å². The molecule has 0 aliphatic carbocycles. The Kier molecular flexibility index (Phi) is 5.80. The standard InChI is InChI=1S/C16H28N2/c1-6-13-10-11-14(18-12-13)8-7-9-15(17-5)16(2,3)4/h10-12,15,17H,6-9H2,1-5H3. The van der Waals surface area contributed by atoms with E-state index in [-0.39, 0.29) is 0 Å². The fourth-order valence-corrected chi connectivity index (χ4v) is 2.31. The van der Waals surface area contributed by atoms with Gasteiger partial charge in [-0.1, -0.05) is 33.8 Å². The van der Waals surface area contributed by atoms with Crippen LogP contribution in [0.15, 0.2) is 18.3 Å². The van der Waals surface area contributed by atoms with Gasteiger partial charge in [-0.2, -0.15) is 0 Å². The van der Waals surface area contributed by atoms with Gasteiger partial charge in [-0.25, -0.2) is 0 Å². The molecule has 0 amide bonds. The van der Waals surface area contributed by atoms with Crippen molar-refractivity contribution in [1.82, 2.24) is 10.3 Å². The van der Waals surface area contributed by atoms with Gasteiger partial charge in [0.15, 0.2) is 0 Å². The highest BCUT2D eigenvalue weighted by atomic mass is 14.9. The van der Waals surface area contributed by atoms with Crippen LogP contribution in [0.4, 0.5) is 0 Å². The highest BCUT2D eigenvalue weighted by Gasteiger charge is 2.22. The third kappa shape index (κ3) is 4.77. The van der Waals surface area contributed by atoms with Crippen LogP contribution in [0.1, 0.15) is 51.8 Å². The zero-order valence-electron chi connectivity index (χ0n) is 12.6. The van der Waals surface area contributed by atoms with E-state index in [1.807, 2.05) is 6.20 Å². The maximum absolute atomic E-state index is 4.51. The van der Waals surface area contributed by atoms with Crippen LogP contribution in [0.3, 0.4) is 0 Å². The maximum atomic E-state index is 4.51. The molecule has 1 aromatic heterocycles. The molecule has 18 heavy (non-hydrogen) atoms. The Balaban J connectivity index is 2.40. The molecule has 0 aliphatic heterocycles. The molecule has 2 nitrogen and oxygen atoms in total. The van der Waals surface area contributed by atoms with E-state index in [4.69, 9.17) is 0 Å². The number of hydrogen-bond donors (Lipinski definition) is 1. The zero-order chi connectivity index (χ0) is 13.6. The van der Waals surface area contributed by atoms with E-state index in [1.54, 1.807) is 0 Å². The Morgan fingerprint density at radius 3 is 2.44 bits per heavy atom. The molecule has 1 rings (SSSR count). The Hall–Kier alpha value is -0.890. The summed E-state index contributed by atoms with van der Waals surface area (Å²) in [6.07, 6.45) is 6.56. The van der Waals surface area contributed by atoms with E-state index in [2.05, 4.69) is 57.2 Å². The number of nitrogens with one attached hydrogen (secondary N) is 1. The van der Waals surface area contributed by atoms with E-state index in [9.17, 15) is 0 Å². The summed E-state index contributed by atoms with van der Waals surface area (Å²) in [6, 6.07) is 4.94. The van der Waals surface area contributed by atoms with E-state index < -0.39 is 0 Å². The first kappa shape index (κ1) is 15.2. The van der Waals surface area contributed by atoms with Gasteiger partial charge in [-0.05, 0) is 49.8 Å². The van der Waals surface area contributed by atoms with Crippen molar-refractivity contribution in [1.29, 1.82) is 0 Å². The van der Waals surface area contributed by atoms with Crippen molar-refractivity contribution < 1.29 is 0 Å². The Morgan fingerprint density at radius 2 is 2.00 bits per heavy atom. The van der Waals surface area contributed by atoms with Gasteiger partial charge in [0.2, 0.25) is 0 Å². The monoisotopic (exact) mass is 248 g/mol. The molecule has 1 heterocycles. The molecule has 0 aromatic carbocycles. The summed E-state index contributed by atoms with van der Waals surface area (Å²) in [7, 11) is 2.06. The normalized spacial score (nSPS) is 13.6. The molecule has 0 aliphatic rings. The summed E-state index contributed by atoms with van der Waals surface area (Å²) < 4.78 is 0. The lowest BCUT2D eigenvalue weighted by atomic mass is 9.84. The van der Waals surface area contributed by atoms with Crippen molar-refractivity contribution in [3.05, 3.63) is 29.6 Å². The minimum Gasteiger partial charge on any atom is -0.316 e. The molecule has 1 unspecified atom stereocenters. The minimum atomic E-state index is 0.328. The van der Waals surface area contributed by atoms with Gasteiger partial charge < -0.3 is 5.32 Å². The van der Waals surface area contributed by atoms with Crippen molar-refractivity contribution in [2.75, 3.05) is 7.05 Å². The SMILES string of the molecule is CCc1ccc(CCCC(NC)C(C)(C)C)nc1. The second-order valence-corrected chi connectivity index (χ2v) is 6.11. The molecular formula is C16H28N2. The molecule has 0 spiro atoms. The van der Waals surface area contributed by atoms with Gasteiger partial charge in [-0.15, -0.1) is 0 Å². The second kappa shape index (κ2) is 6.89. The van der Waals surface area contributed by atoms with Crippen molar-refractivity contribution >= 4 is 0 Å². The van der Waals surface area contributed by atoms with Crippen LogP contribution in [0.25, 0.3) is 0 Å². The molecule has 0 fully saturated rings. The third-order valence-corrected chi connectivity index (χ3v) is 3.61. The lowest BCUT2D eigenvalue weighted by molar-refractivity contribution is 0.263. The van der Waals surface area contributed by atoms with Crippen LogP contribution in [-0.2, 0) is 12.8 Å². The summed E-state index contributed by atoms with van der Waals surface area (Å²) in [5, 5.41) is 3.43. The van der Waals surface area contributed by atoms with Crippen LogP contribution in [-0.4, -0.2) is 18.1 Å². The van der Waals surface area contributed by atoms with Gasteiger partial charge in [0, 0.05) is 17.9 Å². The van der Waals surface area contributed by atoms with E-state index in [0.29, 0.717) is 11.5 Å². The largest absolute Gasteiger partial charge is 0.316 e. The molecule has 2 heteroatoms. The lowest BCUT2D eigenvalue weighted by Crippen LogP contribution is -2.37. The summed E-state index contributed by atoms with van der Waals surface area (Å²) in [5.74, 6) is 0. The van der Waals surface area contributed by atoms with Crippen LogP contribution >= 0.6 is 0 Å². The quantitative estimate of drug-likeness (QED) is 0.832. The van der Waals surface area contributed by atoms with Crippen molar-refractivity contribution in [2.45, 2.75) is 59.4 Å². The Bertz CT molecular complexity index is 335. The summed E-state index contributed by atoms with van der Waals surface area (Å²) in [6.45, 7) is 9.05. The molecule has 0 saturated carbocycles. The fraction of sp³-hybridized carbons (Fsp3) is 0.688. The molecule has 1 atom stereocenters. The summed E-state index contributed by atoms with van der Waals surface area (Å²) in [5.41, 5.74) is 2.87. The number of aromatic nitrogens is 1. The summed E-state index contributed by atoms with van der Waals surface area (Å²) >= 11 is 0. The predicted molar refractivity (Wildman–Crippen MR) is 78.9 cm³/mol. The first-order valence-corrected chi connectivity index (χ1v) is 7.08. The number of pyridine rings is 1.